The molecular weight excluding hydrogens is 376 g/mol. The molecule has 124 valence electrons. The van der Waals surface area contributed by atoms with Crippen molar-refractivity contribution in [3.8, 4) is 0 Å². The standard InChI is InChI=1S/C21H17BrN2O/c22-21-18(10-9-15-5-3-4-8-20(15)21)14-24-13-17-7-2-1-6-16(17)11-19(24)12-23-25/h1-13,19,25H,14H2/b23-12+. The molecule has 1 heterocycles. The van der Waals surface area contributed by atoms with Crippen LogP contribution in [-0.4, -0.2) is 22.4 Å². The molecule has 1 N–H and O–H groups in total. The second kappa shape index (κ2) is 6.73. The van der Waals surface area contributed by atoms with Gasteiger partial charge in [0, 0.05) is 17.2 Å². The van der Waals surface area contributed by atoms with Crippen LogP contribution in [0.1, 0.15) is 5.56 Å². The second-order valence-corrected chi connectivity index (χ2v) is 6.90. The van der Waals surface area contributed by atoms with Gasteiger partial charge in [0.05, 0.1) is 12.3 Å². The van der Waals surface area contributed by atoms with E-state index in [1.165, 1.54) is 21.6 Å². The quantitative estimate of drug-likeness (QED) is 0.420. The van der Waals surface area contributed by atoms with Gasteiger partial charge in [0.15, 0.2) is 0 Å². The van der Waals surface area contributed by atoms with Crippen LogP contribution in [0.5, 0.6) is 0 Å². The Morgan fingerprint density at radius 1 is 1.00 bits per heavy atom. The molecule has 1 aliphatic rings. The molecule has 4 heteroatoms. The van der Waals surface area contributed by atoms with Crippen molar-refractivity contribution in [2.24, 2.45) is 5.16 Å². The Labute approximate surface area is 154 Å². The third kappa shape index (κ3) is 3.05. The highest BCUT2D eigenvalue weighted by Gasteiger charge is 2.16. The normalized spacial score (nSPS) is 16.5. The summed E-state index contributed by atoms with van der Waals surface area (Å²) in [5.41, 5.74) is 1.19. The first-order chi connectivity index (χ1) is 12.3. The van der Waals surface area contributed by atoms with Gasteiger partial charge >= 0.3 is 0 Å². The minimum absolute atomic E-state index is 0.0849. The summed E-state index contributed by atoms with van der Waals surface area (Å²) in [5, 5.41) is 17.1. The number of rotatable bonds is 3. The second-order valence-electron chi connectivity index (χ2n) is 6.11. The Morgan fingerprint density at radius 2 is 1.76 bits per heavy atom. The van der Waals surface area contributed by atoms with Crippen molar-refractivity contribution >= 4 is 45.2 Å². The first-order valence-electron chi connectivity index (χ1n) is 8.14. The fourth-order valence-corrected chi connectivity index (χ4v) is 3.89. The van der Waals surface area contributed by atoms with Crippen molar-refractivity contribution in [3.63, 3.8) is 0 Å². The summed E-state index contributed by atoms with van der Waals surface area (Å²) in [5.74, 6) is 0. The van der Waals surface area contributed by atoms with E-state index in [-0.39, 0.29) is 6.04 Å². The van der Waals surface area contributed by atoms with Crippen molar-refractivity contribution in [1.29, 1.82) is 0 Å². The van der Waals surface area contributed by atoms with Crippen molar-refractivity contribution in [2.75, 3.05) is 0 Å². The monoisotopic (exact) mass is 392 g/mol. The Morgan fingerprint density at radius 3 is 2.60 bits per heavy atom. The molecule has 0 aliphatic carbocycles. The summed E-state index contributed by atoms with van der Waals surface area (Å²) in [4.78, 5) is 2.18. The molecule has 1 aliphatic heterocycles. The van der Waals surface area contributed by atoms with Crippen LogP contribution in [0.25, 0.3) is 23.0 Å². The minimum Gasteiger partial charge on any atom is -0.411 e. The molecule has 0 aromatic heterocycles. The van der Waals surface area contributed by atoms with Crippen LogP contribution in [0.4, 0.5) is 0 Å². The molecule has 4 rings (SSSR count). The lowest BCUT2D eigenvalue weighted by molar-refractivity contribution is 0.314. The summed E-state index contributed by atoms with van der Waals surface area (Å²) in [6, 6.07) is 20.8. The van der Waals surface area contributed by atoms with Crippen LogP contribution >= 0.6 is 15.9 Å². The molecule has 0 fully saturated rings. The number of benzene rings is 3. The van der Waals surface area contributed by atoms with Crippen molar-refractivity contribution < 1.29 is 5.21 Å². The van der Waals surface area contributed by atoms with Gasteiger partial charge in [-0.25, -0.2) is 0 Å². The highest BCUT2D eigenvalue weighted by Crippen LogP contribution is 2.29. The van der Waals surface area contributed by atoms with Crippen LogP contribution in [-0.2, 0) is 6.54 Å². The molecule has 0 spiro atoms. The maximum absolute atomic E-state index is 9.05. The van der Waals surface area contributed by atoms with E-state index >= 15 is 0 Å². The molecule has 0 bridgehead atoms. The largest absolute Gasteiger partial charge is 0.411 e. The third-order valence-corrected chi connectivity index (χ3v) is 5.49. The molecular formula is C21H17BrN2O. The summed E-state index contributed by atoms with van der Waals surface area (Å²) in [6.07, 6.45) is 5.80. The zero-order valence-electron chi connectivity index (χ0n) is 13.5. The van der Waals surface area contributed by atoms with Gasteiger partial charge < -0.3 is 10.1 Å². The molecule has 3 nitrogen and oxygen atoms in total. The van der Waals surface area contributed by atoms with Crippen molar-refractivity contribution in [2.45, 2.75) is 12.6 Å². The van der Waals surface area contributed by atoms with Crippen molar-refractivity contribution in [1.82, 2.24) is 4.90 Å². The molecule has 1 unspecified atom stereocenters. The number of halogens is 1. The number of nitrogens with zero attached hydrogens (tertiary/aromatic N) is 2. The fourth-order valence-electron chi connectivity index (χ4n) is 3.27. The van der Waals surface area contributed by atoms with Gasteiger partial charge in [-0.05, 0) is 48.8 Å². The SMILES string of the molecule is O/N=C/C1C=c2ccccc2=CN1Cc1ccc2ccccc2c1Br. The molecule has 3 aromatic carbocycles. The predicted molar refractivity (Wildman–Crippen MR) is 106 cm³/mol. The topological polar surface area (TPSA) is 35.8 Å². The minimum atomic E-state index is -0.0849. The van der Waals surface area contributed by atoms with E-state index in [2.05, 4.69) is 80.7 Å². The lowest BCUT2D eigenvalue weighted by atomic mass is 10.0. The van der Waals surface area contributed by atoms with Crippen molar-refractivity contribution in [3.05, 3.63) is 81.1 Å². The van der Waals surface area contributed by atoms with E-state index < -0.39 is 0 Å². The lowest BCUT2D eigenvalue weighted by Crippen LogP contribution is -2.41. The van der Waals surface area contributed by atoms with Gasteiger partial charge in [-0.1, -0.05) is 65.8 Å². The number of oxime groups is 1. The zero-order valence-corrected chi connectivity index (χ0v) is 15.1. The molecule has 25 heavy (non-hydrogen) atoms. The maximum Gasteiger partial charge on any atom is 0.0868 e. The molecule has 3 aromatic rings. The molecule has 0 amide bonds. The zero-order chi connectivity index (χ0) is 17.2. The number of fused-ring (bicyclic) bond motifs is 2. The van der Waals surface area contributed by atoms with Crippen LogP contribution < -0.4 is 10.4 Å². The van der Waals surface area contributed by atoms with Crippen LogP contribution in [0.2, 0.25) is 0 Å². The lowest BCUT2D eigenvalue weighted by Gasteiger charge is -2.28. The van der Waals surface area contributed by atoms with Crippen LogP contribution in [0.3, 0.4) is 0 Å². The first kappa shape index (κ1) is 15.9. The summed E-state index contributed by atoms with van der Waals surface area (Å²) < 4.78 is 1.11. The highest BCUT2D eigenvalue weighted by atomic mass is 79.9. The summed E-state index contributed by atoms with van der Waals surface area (Å²) >= 11 is 3.77. The Balaban J connectivity index is 1.76. The average molecular weight is 393 g/mol. The van der Waals surface area contributed by atoms with Gasteiger partial charge in [0.25, 0.3) is 0 Å². The van der Waals surface area contributed by atoms with E-state index in [9.17, 15) is 0 Å². The van der Waals surface area contributed by atoms with Crippen LogP contribution in [0, 0.1) is 0 Å². The van der Waals surface area contributed by atoms with Gasteiger partial charge in [0.2, 0.25) is 0 Å². The number of hydrogen-bond acceptors (Lipinski definition) is 3. The van der Waals surface area contributed by atoms with E-state index in [0.29, 0.717) is 6.54 Å². The van der Waals surface area contributed by atoms with E-state index in [1.54, 1.807) is 6.21 Å². The Hall–Kier alpha value is -2.59. The predicted octanol–water partition coefficient (Wildman–Crippen LogP) is 3.47. The van der Waals surface area contributed by atoms with E-state index in [4.69, 9.17) is 5.21 Å². The van der Waals surface area contributed by atoms with E-state index in [0.717, 1.165) is 9.69 Å². The Bertz CT molecular complexity index is 1070. The number of hydrogen-bond donors (Lipinski definition) is 1. The third-order valence-electron chi connectivity index (χ3n) is 4.55. The molecule has 0 radical (unpaired) electrons. The molecule has 1 atom stereocenters. The molecule has 0 saturated heterocycles. The van der Waals surface area contributed by atoms with Gasteiger partial charge in [0.1, 0.15) is 0 Å². The average Bonchev–Trinajstić information content (AvgIpc) is 2.65. The van der Waals surface area contributed by atoms with Gasteiger partial charge in [-0.2, -0.15) is 0 Å². The smallest absolute Gasteiger partial charge is 0.0868 e. The maximum atomic E-state index is 9.05. The summed E-state index contributed by atoms with van der Waals surface area (Å²) in [7, 11) is 0. The molecule has 0 saturated carbocycles. The summed E-state index contributed by atoms with van der Waals surface area (Å²) in [6.45, 7) is 0.715. The van der Waals surface area contributed by atoms with Gasteiger partial charge in [-0.3, -0.25) is 0 Å². The van der Waals surface area contributed by atoms with Crippen LogP contribution in [0.15, 0.2) is 70.3 Å². The van der Waals surface area contributed by atoms with E-state index in [1.807, 2.05) is 18.2 Å². The highest BCUT2D eigenvalue weighted by molar-refractivity contribution is 9.10. The fraction of sp³-hybridized carbons (Fsp3) is 0.0952. The first-order valence-corrected chi connectivity index (χ1v) is 8.94. The van der Waals surface area contributed by atoms with Gasteiger partial charge in [-0.15, -0.1) is 0 Å². The Kier molecular flexibility index (Phi) is 4.28.